The van der Waals surface area contributed by atoms with Gasteiger partial charge in [-0.3, -0.25) is 9.59 Å². The first kappa shape index (κ1) is 14.9. The third kappa shape index (κ3) is 3.96. The summed E-state index contributed by atoms with van der Waals surface area (Å²) in [5.41, 5.74) is 0. The van der Waals surface area contributed by atoms with Crippen molar-refractivity contribution in [3.8, 4) is 0 Å². The zero-order valence-corrected chi connectivity index (χ0v) is 10.8. The fourth-order valence-electron chi connectivity index (χ4n) is 2.04. The highest BCUT2D eigenvalue weighted by atomic mass is 16.3. The Hall–Kier alpha value is -1.14. The fourth-order valence-corrected chi connectivity index (χ4v) is 2.04. The van der Waals surface area contributed by atoms with Gasteiger partial charge in [0.1, 0.15) is 0 Å². The second-order valence-corrected chi connectivity index (χ2v) is 4.71. The van der Waals surface area contributed by atoms with Crippen molar-refractivity contribution in [1.82, 2.24) is 9.80 Å². The first-order valence-electron chi connectivity index (χ1n) is 6.40. The minimum absolute atomic E-state index is 0.0787. The van der Waals surface area contributed by atoms with Crippen LogP contribution in [0.5, 0.6) is 0 Å². The highest BCUT2D eigenvalue weighted by Gasteiger charge is 2.28. The van der Waals surface area contributed by atoms with Crippen LogP contribution in [0.1, 0.15) is 19.8 Å². The van der Waals surface area contributed by atoms with E-state index < -0.39 is 11.8 Å². The van der Waals surface area contributed by atoms with Crippen LogP contribution < -0.4 is 0 Å². The molecule has 0 aromatic carbocycles. The van der Waals surface area contributed by atoms with Crippen molar-refractivity contribution in [3.63, 3.8) is 0 Å². The Balaban J connectivity index is 2.55. The molecule has 0 spiro atoms. The molecule has 1 heterocycles. The van der Waals surface area contributed by atoms with Gasteiger partial charge in [-0.05, 0) is 18.8 Å². The molecule has 0 aliphatic carbocycles. The van der Waals surface area contributed by atoms with Crippen molar-refractivity contribution in [2.45, 2.75) is 19.8 Å². The molecule has 1 aliphatic heterocycles. The number of aliphatic hydroxyl groups is 2. The number of nitrogens with zero attached hydrogens (tertiary/aromatic N) is 2. The van der Waals surface area contributed by atoms with E-state index in [0.29, 0.717) is 19.0 Å². The van der Waals surface area contributed by atoms with Crippen molar-refractivity contribution in [2.75, 3.05) is 39.4 Å². The van der Waals surface area contributed by atoms with Crippen LogP contribution in [0, 0.1) is 5.92 Å². The van der Waals surface area contributed by atoms with Crippen LogP contribution >= 0.6 is 0 Å². The van der Waals surface area contributed by atoms with Crippen LogP contribution in [0.3, 0.4) is 0 Å². The first-order chi connectivity index (χ1) is 8.60. The van der Waals surface area contributed by atoms with Gasteiger partial charge < -0.3 is 20.0 Å². The minimum Gasteiger partial charge on any atom is -0.395 e. The lowest BCUT2D eigenvalue weighted by molar-refractivity contribution is -0.153. The summed E-state index contributed by atoms with van der Waals surface area (Å²) in [5.74, 6) is -0.563. The van der Waals surface area contributed by atoms with E-state index in [-0.39, 0.29) is 26.3 Å². The minimum atomic E-state index is -0.632. The van der Waals surface area contributed by atoms with E-state index >= 15 is 0 Å². The normalized spacial score (nSPS) is 16.7. The average Bonchev–Trinajstić information content (AvgIpc) is 2.38. The average molecular weight is 258 g/mol. The van der Waals surface area contributed by atoms with E-state index in [1.165, 1.54) is 4.90 Å². The third-order valence-electron chi connectivity index (χ3n) is 3.28. The highest BCUT2D eigenvalue weighted by molar-refractivity contribution is 6.34. The molecule has 0 atom stereocenters. The van der Waals surface area contributed by atoms with Gasteiger partial charge in [-0.1, -0.05) is 6.92 Å². The number of carbonyl (C=O) groups is 2. The van der Waals surface area contributed by atoms with Gasteiger partial charge in [-0.25, -0.2) is 0 Å². The van der Waals surface area contributed by atoms with E-state index in [2.05, 4.69) is 6.92 Å². The van der Waals surface area contributed by atoms with Crippen molar-refractivity contribution in [3.05, 3.63) is 0 Å². The maximum Gasteiger partial charge on any atom is 0.312 e. The van der Waals surface area contributed by atoms with Gasteiger partial charge in [-0.15, -0.1) is 0 Å². The van der Waals surface area contributed by atoms with Gasteiger partial charge in [-0.2, -0.15) is 0 Å². The van der Waals surface area contributed by atoms with E-state index in [9.17, 15) is 9.59 Å². The lowest BCUT2D eigenvalue weighted by atomic mass is 9.99. The molecular formula is C12H22N2O4. The Bertz CT molecular complexity index is 282. The predicted octanol–water partition coefficient (Wildman–Crippen LogP) is -0.942. The number of hydrogen-bond donors (Lipinski definition) is 2. The van der Waals surface area contributed by atoms with Crippen molar-refractivity contribution in [2.24, 2.45) is 5.92 Å². The summed E-state index contributed by atoms with van der Waals surface area (Å²) in [5, 5.41) is 17.7. The second-order valence-electron chi connectivity index (χ2n) is 4.71. The molecular weight excluding hydrogens is 236 g/mol. The second kappa shape index (κ2) is 7.33. The molecule has 6 heteroatoms. The largest absolute Gasteiger partial charge is 0.395 e. The van der Waals surface area contributed by atoms with Crippen molar-refractivity contribution < 1.29 is 19.8 Å². The van der Waals surface area contributed by atoms with Crippen LogP contribution in [0.2, 0.25) is 0 Å². The Kier molecular flexibility index (Phi) is 6.07. The van der Waals surface area contributed by atoms with Crippen LogP contribution in [0.25, 0.3) is 0 Å². The lowest BCUT2D eigenvalue weighted by Crippen LogP contribution is -2.49. The Labute approximate surface area is 107 Å². The number of aliphatic hydroxyl groups excluding tert-OH is 2. The van der Waals surface area contributed by atoms with Gasteiger partial charge in [0.25, 0.3) is 0 Å². The molecule has 1 fully saturated rings. The molecule has 1 aliphatic rings. The lowest BCUT2D eigenvalue weighted by Gasteiger charge is -2.31. The molecule has 1 saturated heterocycles. The van der Waals surface area contributed by atoms with Crippen molar-refractivity contribution >= 4 is 11.8 Å². The maximum atomic E-state index is 12.0. The van der Waals surface area contributed by atoms with Crippen LogP contribution in [0.15, 0.2) is 0 Å². The first-order valence-corrected chi connectivity index (χ1v) is 6.40. The maximum absolute atomic E-state index is 12.0. The molecule has 0 aromatic heterocycles. The zero-order valence-electron chi connectivity index (χ0n) is 10.8. The van der Waals surface area contributed by atoms with E-state index in [4.69, 9.17) is 10.2 Å². The Morgan fingerprint density at radius 2 is 1.67 bits per heavy atom. The molecule has 104 valence electrons. The molecule has 2 amide bonds. The van der Waals surface area contributed by atoms with Gasteiger partial charge in [0.2, 0.25) is 0 Å². The number of carbonyl (C=O) groups excluding carboxylic acids is 2. The van der Waals surface area contributed by atoms with Crippen LogP contribution in [-0.4, -0.2) is 71.2 Å². The number of rotatable bonds is 4. The highest BCUT2D eigenvalue weighted by Crippen LogP contribution is 2.16. The summed E-state index contributed by atoms with van der Waals surface area (Å²) in [4.78, 5) is 26.6. The molecule has 0 aromatic rings. The topological polar surface area (TPSA) is 81.1 Å². The monoisotopic (exact) mass is 258 g/mol. The molecule has 0 saturated carbocycles. The Morgan fingerprint density at radius 1 is 1.17 bits per heavy atom. The standard InChI is InChI=1S/C12H22N2O4/c1-10-2-4-13(5-3-10)11(17)12(18)14(6-8-15)7-9-16/h10,15-16H,2-9H2,1H3. The molecule has 6 nitrogen and oxygen atoms in total. The summed E-state index contributed by atoms with van der Waals surface area (Å²) in [6.45, 7) is 3.08. The molecule has 0 bridgehead atoms. The summed E-state index contributed by atoms with van der Waals surface area (Å²) < 4.78 is 0. The molecule has 18 heavy (non-hydrogen) atoms. The van der Waals surface area contributed by atoms with E-state index in [1.807, 2.05) is 0 Å². The SMILES string of the molecule is CC1CCN(C(=O)C(=O)N(CCO)CCO)CC1. The molecule has 1 rings (SSSR count). The number of piperidine rings is 1. The quantitative estimate of drug-likeness (QED) is 0.638. The van der Waals surface area contributed by atoms with Gasteiger partial charge in [0, 0.05) is 26.2 Å². The molecule has 2 N–H and O–H groups in total. The summed E-state index contributed by atoms with van der Waals surface area (Å²) in [6.07, 6.45) is 1.83. The number of likely N-dealkylation sites (tertiary alicyclic amines) is 1. The van der Waals surface area contributed by atoms with Crippen LogP contribution in [0.4, 0.5) is 0 Å². The summed E-state index contributed by atoms with van der Waals surface area (Å²) >= 11 is 0. The Morgan fingerprint density at radius 3 is 2.11 bits per heavy atom. The number of hydrogen-bond acceptors (Lipinski definition) is 4. The van der Waals surface area contributed by atoms with Crippen LogP contribution in [-0.2, 0) is 9.59 Å². The van der Waals surface area contributed by atoms with E-state index in [1.54, 1.807) is 4.90 Å². The van der Waals surface area contributed by atoms with Gasteiger partial charge in [0.05, 0.1) is 13.2 Å². The third-order valence-corrected chi connectivity index (χ3v) is 3.28. The smallest absolute Gasteiger partial charge is 0.312 e. The van der Waals surface area contributed by atoms with Crippen molar-refractivity contribution in [1.29, 1.82) is 0 Å². The van der Waals surface area contributed by atoms with E-state index in [0.717, 1.165) is 12.8 Å². The zero-order chi connectivity index (χ0) is 13.5. The predicted molar refractivity (Wildman–Crippen MR) is 65.7 cm³/mol. The summed E-state index contributed by atoms with van der Waals surface area (Å²) in [7, 11) is 0. The van der Waals surface area contributed by atoms with Gasteiger partial charge >= 0.3 is 11.8 Å². The van der Waals surface area contributed by atoms with Gasteiger partial charge in [0.15, 0.2) is 0 Å². The fraction of sp³-hybridized carbons (Fsp3) is 0.833. The number of amides is 2. The molecule has 0 unspecified atom stereocenters. The summed E-state index contributed by atoms with van der Waals surface area (Å²) in [6, 6.07) is 0. The molecule has 0 radical (unpaired) electrons.